The highest BCUT2D eigenvalue weighted by atomic mass is 16.3. The summed E-state index contributed by atoms with van der Waals surface area (Å²) in [4.78, 5) is 11.8. The van der Waals surface area contributed by atoms with Gasteiger partial charge in [-0.25, -0.2) is 0 Å². The molecule has 0 aliphatic heterocycles. The molecule has 78 valence electrons. The van der Waals surface area contributed by atoms with E-state index in [0.29, 0.717) is 11.1 Å². The minimum Gasteiger partial charge on any atom is -0.380 e. The molecule has 0 fully saturated rings. The van der Waals surface area contributed by atoms with Gasteiger partial charge in [-0.3, -0.25) is 4.79 Å². The smallest absolute Gasteiger partial charge is 0.196 e. The first kappa shape index (κ1) is 9.31. The number of ketones is 1. The fraction of sp³-hybridized carbons (Fsp3) is 0.0714. The summed E-state index contributed by atoms with van der Waals surface area (Å²) in [6, 6.07) is 9.24. The molecule has 2 aromatic carbocycles. The van der Waals surface area contributed by atoms with Gasteiger partial charge in [-0.15, -0.1) is 0 Å². The Balaban J connectivity index is 2.54. The highest BCUT2D eigenvalue weighted by Crippen LogP contribution is 2.38. The summed E-state index contributed by atoms with van der Waals surface area (Å²) in [7, 11) is 0. The van der Waals surface area contributed by atoms with Gasteiger partial charge in [-0.05, 0) is 21.9 Å². The lowest BCUT2D eigenvalue weighted by Gasteiger charge is -2.04. The molecule has 3 rings (SSSR count). The molecule has 2 aromatic rings. The van der Waals surface area contributed by atoms with Crippen molar-refractivity contribution in [2.24, 2.45) is 0 Å². The topological polar surface area (TPSA) is 37.3 Å². The molecule has 0 aromatic heterocycles. The highest BCUT2D eigenvalue weighted by Gasteiger charge is 2.30. The zero-order chi connectivity index (χ0) is 11.3. The first-order chi connectivity index (χ1) is 7.74. The molecule has 16 heavy (non-hydrogen) atoms. The van der Waals surface area contributed by atoms with E-state index in [4.69, 9.17) is 0 Å². The van der Waals surface area contributed by atoms with Crippen molar-refractivity contribution in [3.63, 3.8) is 0 Å². The van der Waals surface area contributed by atoms with Crippen LogP contribution in [0.3, 0.4) is 0 Å². The van der Waals surface area contributed by atoms with E-state index in [9.17, 15) is 9.90 Å². The number of aliphatic hydroxyl groups excluding tert-OH is 1. The van der Waals surface area contributed by atoms with Gasteiger partial charge >= 0.3 is 0 Å². The second-order valence-corrected chi connectivity index (χ2v) is 3.94. The molecule has 0 saturated carbocycles. The van der Waals surface area contributed by atoms with Crippen molar-refractivity contribution in [3.05, 3.63) is 53.6 Å². The average molecular weight is 210 g/mol. The maximum absolute atomic E-state index is 11.8. The molecule has 1 unspecified atom stereocenters. The normalized spacial score (nSPS) is 18.1. The molecule has 0 radical (unpaired) electrons. The van der Waals surface area contributed by atoms with E-state index >= 15 is 0 Å². The van der Waals surface area contributed by atoms with E-state index in [-0.39, 0.29) is 5.78 Å². The molecule has 0 bridgehead atoms. The van der Waals surface area contributed by atoms with Crippen LogP contribution in [0.15, 0.2) is 36.9 Å². The van der Waals surface area contributed by atoms with Crippen LogP contribution in [0.5, 0.6) is 0 Å². The van der Waals surface area contributed by atoms with Crippen molar-refractivity contribution in [2.45, 2.75) is 6.10 Å². The van der Waals surface area contributed by atoms with Crippen LogP contribution in [0, 0.1) is 0 Å². The van der Waals surface area contributed by atoms with Crippen LogP contribution < -0.4 is 0 Å². The zero-order valence-electron chi connectivity index (χ0n) is 8.60. The van der Waals surface area contributed by atoms with Crippen molar-refractivity contribution in [1.82, 2.24) is 0 Å². The number of benzene rings is 2. The molecule has 1 atom stereocenters. The molecular formula is C14H10O2. The second-order valence-electron chi connectivity index (χ2n) is 3.94. The van der Waals surface area contributed by atoms with Gasteiger partial charge in [0.05, 0.1) is 0 Å². The molecule has 1 N–H and O–H groups in total. The molecule has 2 heteroatoms. The molecule has 0 spiro atoms. The Labute approximate surface area is 92.8 Å². The summed E-state index contributed by atoms with van der Waals surface area (Å²) in [5.41, 5.74) is 2.31. The van der Waals surface area contributed by atoms with Gasteiger partial charge in [-0.1, -0.05) is 43.0 Å². The summed E-state index contributed by atoms with van der Waals surface area (Å²) in [5, 5.41) is 11.7. The quantitative estimate of drug-likeness (QED) is 0.785. The predicted octanol–water partition coefficient (Wildman–Crippen LogP) is 2.71. The van der Waals surface area contributed by atoms with Gasteiger partial charge in [0, 0.05) is 5.56 Å². The molecule has 2 nitrogen and oxygen atoms in total. The minimum atomic E-state index is -1.00. The number of carbonyl (C=O) groups excluding carboxylic acids is 1. The third-order valence-electron chi connectivity index (χ3n) is 3.13. The first-order valence-corrected chi connectivity index (χ1v) is 5.14. The predicted molar refractivity (Wildman–Crippen MR) is 63.3 cm³/mol. The van der Waals surface area contributed by atoms with Crippen LogP contribution in [0.4, 0.5) is 0 Å². The monoisotopic (exact) mass is 210 g/mol. The fourth-order valence-electron chi connectivity index (χ4n) is 2.36. The number of Topliss-reactive ketones (excluding diaryl/α,β-unsaturated/α-hetero) is 1. The number of aliphatic hydroxyl groups is 1. The highest BCUT2D eigenvalue weighted by molar-refractivity contribution is 6.18. The van der Waals surface area contributed by atoms with Crippen molar-refractivity contribution < 1.29 is 9.90 Å². The number of rotatable bonds is 1. The van der Waals surface area contributed by atoms with Gasteiger partial charge < -0.3 is 5.11 Å². The minimum absolute atomic E-state index is 0.207. The maximum atomic E-state index is 11.8. The Hall–Kier alpha value is -1.93. The third-order valence-corrected chi connectivity index (χ3v) is 3.13. The lowest BCUT2D eigenvalue weighted by atomic mass is 10.00. The van der Waals surface area contributed by atoms with Crippen molar-refractivity contribution in [1.29, 1.82) is 0 Å². The van der Waals surface area contributed by atoms with Crippen LogP contribution in [-0.4, -0.2) is 10.9 Å². The van der Waals surface area contributed by atoms with Gasteiger partial charge in [0.2, 0.25) is 0 Å². The molecule has 1 aliphatic carbocycles. The molecular weight excluding hydrogens is 200 g/mol. The standard InChI is InChI=1S/C14H10O2/c1-2-8-6-7-11-12-9(8)4-3-5-10(12)13(15)14(11)16/h2-7,13,15H,1H2. The summed E-state index contributed by atoms with van der Waals surface area (Å²) >= 11 is 0. The Morgan fingerprint density at radius 3 is 2.81 bits per heavy atom. The lowest BCUT2D eigenvalue weighted by Crippen LogP contribution is -2.03. The average Bonchev–Trinajstić information content (AvgIpc) is 2.57. The maximum Gasteiger partial charge on any atom is 0.196 e. The van der Waals surface area contributed by atoms with E-state index in [2.05, 4.69) is 6.58 Å². The van der Waals surface area contributed by atoms with E-state index in [1.54, 1.807) is 18.2 Å². The van der Waals surface area contributed by atoms with Gasteiger partial charge in [0.25, 0.3) is 0 Å². The Kier molecular flexibility index (Phi) is 1.76. The Morgan fingerprint density at radius 2 is 2.06 bits per heavy atom. The van der Waals surface area contributed by atoms with Crippen molar-refractivity contribution >= 4 is 22.6 Å². The fourth-order valence-corrected chi connectivity index (χ4v) is 2.36. The SMILES string of the molecule is C=Cc1ccc2c3c(cccc13)C(O)C2=O. The number of carbonyl (C=O) groups is 1. The third kappa shape index (κ3) is 0.969. The summed E-state index contributed by atoms with van der Waals surface area (Å²) in [6.07, 6.45) is 0.761. The molecule has 0 heterocycles. The lowest BCUT2D eigenvalue weighted by molar-refractivity contribution is 0.0766. The Bertz CT molecular complexity index is 626. The van der Waals surface area contributed by atoms with Gasteiger partial charge in [0.15, 0.2) is 5.78 Å². The molecule has 0 amide bonds. The number of hydrogen-bond donors (Lipinski definition) is 1. The van der Waals surface area contributed by atoms with Crippen LogP contribution in [0.1, 0.15) is 27.6 Å². The van der Waals surface area contributed by atoms with Gasteiger partial charge in [-0.2, -0.15) is 0 Å². The Morgan fingerprint density at radius 1 is 1.25 bits per heavy atom. The van der Waals surface area contributed by atoms with Crippen LogP contribution >= 0.6 is 0 Å². The zero-order valence-corrected chi connectivity index (χ0v) is 8.60. The van der Waals surface area contributed by atoms with E-state index in [1.165, 1.54) is 0 Å². The van der Waals surface area contributed by atoms with Crippen molar-refractivity contribution in [2.75, 3.05) is 0 Å². The van der Waals surface area contributed by atoms with E-state index < -0.39 is 6.10 Å². The van der Waals surface area contributed by atoms with Crippen LogP contribution in [-0.2, 0) is 0 Å². The van der Waals surface area contributed by atoms with Crippen LogP contribution in [0.25, 0.3) is 16.8 Å². The number of hydrogen-bond acceptors (Lipinski definition) is 2. The van der Waals surface area contributed by atoms with Crippen LogP contribution in [0.2, 0.25) is 0 Å². The van der Waals surface area contributed by atoms with E-state index in [0.717, 1.165) is 16.3 Å². The first-order valence-electron chi connectivity index (χ1n) is 5.14. The summed E-state index contributed by atoms with van der Waals surface area (Å²) in [6.45, 7) is 3.75. The van der Waals surface area contributed by atoms with Crippen molar-refractivity contribution in [3.8, 4) is 0 Å². The largest absolute Gasteiger partial charge is 0.380 e. The molecule has 0 saturated heterocycles. The van der Waals surface area contributed by atoms with E-state index in [1.807, 2.05) is 18.2 Å². The summed E-state index contributed by atoms with van der Waals surface area (Å²) in [5.74, 6) is -0.207. The summed E-state index contributed by atoms with van der Waals surface area (Å²) < 4.78 is 0. The second kappa shape index (κ2) is 3.03. The van der Waals surface area contributed by atoms with Gasteiger partial charge in [0.1, 0.15) is 6.10 Å². The molecule has 1 aliphatic rings.